The number of rotatable bonds is 5. The number of sulfonamides is 1. The Balaban J connectivity index is 1.96. The number of nitrogens with one attached hydrogen (secondary N) is 1. The molecule has 0 spiro atoms. The normalized spacial score (nSPS) is 11.4. The van der Waals surface area contributed by atoms with Crippen LogP contribution in [0.1, 0.15) is 5.56 Å². The van der Waals surface area contributed by atoms with E-state index in [2.05, 4.69) is 31.2 Å². The second-order valence-corrected chi connectivity index (χ2v) is 6.91. The van der Waals surface area contributed by atoms with Crippen molar-refractivity contribution in [3.8, 4) is 0 Å². The lowest BCUT2D eigenvalue weighted by Crippen LogP contribution is -2.12. The van der Waals surface area contributed by atoms with Gasteiger partial charge in [0.1, 0.15) is 17.3 Å². The fourth-order valence-electron chi connectivity index (χ4n) is 1.64. The lowest BCUT2D eigenvalue weighted by Gasteiger charge is -2.08. The minimum atomic E-state index is -3.65. The molecule has 0 aliphatic heterocycles. The average molecular weight is 392 g/mol. The summed E-state index contributed by atoms with van der Waals surface area (Å²) >= 11 is 9.16. The highest BCUT2D eigenvalue weighted by Crippen LogP contribution is 2.25. The molecule has 0 saturated carbocycles. The van der Waals surface area contributed by atoms with Crippen LogP contribution in [0.5, 0.6) is 0 Å². The van der Waals surface area contributed by atoms with Gasteiger partial charge in [-0.3, -0.25) is 0 Å². The number of primary sulfonamides is 1. The van der Waals surface area contributed by atoms with E-state index < -0.39 is 10.0 Å². The van der Waals surface area contributed by atoms with E-state index in [1.54, 1.807) is 12.1 Å². The Bertz CT molecular complexity index is 737. The Morgan fingerprint density at radius 1 is 1.24 bits per heavy atom. The van der Waals surface area contributed by atoms with Crippen molar-refractivity contribution < 1.29 is 8.42 Å². The van der Waals surface area contributed by atoms with Gasteiger partial charge in [-0.2, -0.15) is 0 Å². The van der Waals surface area contributed by atoms with Gasteiger partial charge in [-0.15, -0.1) is 0 Å². The monoisotopic (exact) mass is 390 g/mol. The van der Waals surface area contributed by atoms with E-state index in [0.717, 1.165) is 5.56 Å². The van der Waals surface area contributed by atoms with E-state index >= 15 is 0 Å². The van der Waals surface area contributed by atoms with Gasteiger partial charge in [-0.05, 0) is 40.0 Å². The highest BCUT2D eigenvalue weighted by Gasteiger charge is 2.08. The molecule has 0 fully saturated rings. The summed E-state index contributed by atoms with van der Waals surface area (Å²) in [7, 11) is -3.65. The van der Waals surface area contributed by atoms with Crippen molar-refractivity contribution >= 4 is 43.4 Å². The maximum absolute atomic E-state index is 11.1. The first-order chi connectivity index (χ1) is 9.88. The van der Waals surface area contributed by atoms with E-state index in [4.69, 9.17) is 16.7 Å². The van der Waals surface area contributed by atoms with Gasteiger partial charge in [0.05, 0.1) is 9.37 Å². The van der Waals surface area contributed by atoms with E-state index in [1.807, 2.05) is 0 Å². The van der Waals surface area contributed by atoms with Gasteiger partial charge < -0.3 is 5.32 Å². The fourth-order valence-corrected chi connectivity index (χ4v) is 2.64. The number of aromatic nitrogens is 2. The lowest BCUT2D eigenvalue weighted by atomic mass is 10.1. The molecular weight excluding hydrogens is 380 g/mol. The molecule has 0 amide bonds. The predicted molar refractivity (Wildman–Crippen MR) is 84.8 cm³/mol. The third-order valence-corrected chi connectivity index (χ3v) is 4.90. The van der Waals surface area contributed by atoms with Gasteiger partial charge in [0.25, 0.3) is 0 Å². The quantitative estimate of drug-likeness (QED) is 0.761. The zero-order valence-electron chi connectivity index (χ0n) is 10.8. The first kappa shape index (κ1) is 16.2. The molecular formula is C12H12BrClN4O2S. The number of benzene rings is 1. The summed E-state index contributed by atoms with van der Waals surface area (Å²) in [5, 5.41) is 8.50. The van der Waals surface area contributed by atoms with Crippen LogP contribution in [0.4, 0.5) is 5.82 Å². The van der Waals surface area contributed by atoms with Crippen LogP contribution in [-0.4, -0.2) is 24.9 Å². The minimum Gasteiger partial charge on any atom is -0.369 e. The molecule has 6 nitrogen and oxygen atoms in total. The van der Waals surface area contributed by atoms with Crippen LogP contribution in [0.15, 0.2) is 40.0 Å². The van der Waals surface area contributed by atoms with Crippen LogP contribution in [0.2, 0.25) is 5.15 Å². The van der Waals surface area contributed by atoms with Crippen LogP contribution in [0, 0.1) is 0 Å². The molecule has 0 aliphatic carbocycles. The molecule has 9 heteroatoms. The average Bonchev–Trinajstić information content (AvgIpc) is 2.43. The van der Waals surface area contributed by atoms with E-state index in [1.165, 1.54) is 18.5 Å². The number of nitrogens with two attached hydrogens (primary N) is 1. The maximum atomic E-state index is 11.1. The van der Waals surface area contributed by atoms with E-state index in [0.29, 0.717) is 28.4 Å². The maximum Gasteiger partial charge on any atom is 0.238 e. The second kappa shape index (κ2) is 6.69. The molecule has 0 radical (unpaired) electrons. The largest absolute Gasteiger partial charge is 0.369 e. The Morgan fingerprint density at radius 3 is 2.52 bits per heavy atom. The third kappa shape index (κ3) is 4.37. The van der Waals surface area contributed by atoms with Crippen molar-refractivity contribution in [3.05, 3.63) is 45.8 Å². The molecule has 0 atom stereocenters. The van der Waals surface area contributed by atoms with Crippen LogP contribution < -0.4 is 10.5 Å². The van der Waals surface area contributed by atoms with Gasteiger partial charge in [0, 0.05) is 6.54 Å². The molecule has 21 heavy (non-hydrogen) atoms. The summed E-state index contributed by atoms with van der Waals surface area (Å²) in [6.45, 7) is 0.612. The van der Waals surface area contributed by atoms with Crippen LogP contribution in [0.3, 0.4) is 0 Å². The van der Waals surface area contributed by atoms with Crippen molar-refractivity contribution in [3.63, 3.8) is 0 Å². The summed E-state index contributed by atoms with van der Waals surface area (Å²) in [6.07, 6.45) is 2.06. The van der Waals surface area contributed by atoms with Crippen LogP contribution in [0.25, 0.3) is 0 Å². The van der Waals surface area contributed by atoms with Gasteiger partial charge >= 0.3 is 0 Å². The summed E-state index contributed by atoms with van der Waals surface area (Å²) in [5.74, 6) is 0.608. The fraction of sp³-hybridized carbons (Fsp3) is 0.167. The molecule has 2 aromatic rings. The minimum absolute atomic E-state index is 0.101. The molecule has 0 aliphatic rings. The second-order valence-electron chi connectivity index (χ2n) is 4.19. The van der Waals surface area contributed by atoms with Crippen molar-refractivity contribution in [1.29, 1.82) is 0 Å². The highest BCUT2D eigenvalue weighted by atomic mass is 79.9. The van der Waals surface area contributed by atoms with Crippen molar-refractivity contribution in [2.75, 3.05) is 11.9 Å². The zero-order chi connectivity index (χ0) is 15.5. The predicted octanol–water partition coefficient (Wildman–Crippen LogP) is 2.19. The molecule has 1 aromatic heterocycles. The van der Waals surface area contributed by atoms with E-state index in [-0.39, 0.29) is 4.90 Å². The number of nitrogens with zero attached hydrogens (tertiary/aromatic N) is 2. The van der Waals surface area contributed by atoms with Crippen LogP contribution in [-0.2, 0) is 16.4 Å². The van der Waals surface area contributed by atoms with Gasteiger partial charge in [-0.1, -0.05) is 23.7 Å². The summed E-state index contributed by atoms with van der Waals surface area (Å²) in [6, 6.07) is 6.43. The number of hydrogen-bond acceptors (Lipinski definition) is 5. The topological polar surface area (TPSA) is 98.0 Å². The third-order valence-electron chi connectivity index (χ3n) is 2.70. The molecule has 0 unspecified atom stereocenters. The molecule has 1 aromatic carbocycles. The first-order valence-corrected chi connectivity index (χ1v) is 8.61. The highest BCUT2D eigenvalue weighted by molar-refractivity contribution is 9.10. The molecule has 2 rings (SSSR count). The van der Waals surface area contributed by atoms with Crippen molar-refractivity contribution in [2.24, 2.45) is 5.14 Å². The lowest BCUT2D eigenvalue weighted by molar-refractivity contribution is 0.598. The Kier molecular flexibility index (Phi) is 5.15. The summed E-state index contributed by atoms with van der Waals surface area (Å²) < 4.78 is 22.9. The number of halogens is 2. The standard InChI is InChI=1S/C12H12BrClN4O2S/c13-10-11(14)17-7-18-12(10)16-6-5-8-1-3-9(4-2-8)21(15,19)20/h1-4,7H,5-6H2,(H2,15,19,20)(H,16,17,18). The van der Waals surface area contributed by atoms with Crippen molar-refractivity contribution in [1.82, 2.24) is 9.97 Å². The molecule has 112 valence electrons. The van der Waals surface area contributed by atoms with Gasteiger partial charge in [0.15, 0.2) is 0 Å². The smallest absolute Gasteiger partial charge is 0.238 e. The molecule has 1 heterocycles. The molecule has 0 saturated heterocycles. The van der Waals surface area contributed by atoms with Gasteiger partial charge in [0.2, 0.25) is 10.0 Å². The zero-order valence-corrected chi connectivity index (χ0v) is 13.9. The van der Waals surface area contributed by atoms with Gasteiger partial charge in [-0.25, -0.2) is 23.5 Å². The Labute approximate surface area is 135 Å². The number of hydrogen-bond donors (Lipinski definition) is 2. The van der Waals surface area contributed by atoms with Crippen LogP contribution >= 0.6 is 27.5 Å². The van der Waals surface area contributed by atoms with E-state index in [9.17, 15) is 8.42 Å². The Hall–Kier alpha value is -1.22. The molecule has 3 N–H and O–H groups in total. The number of anilines is 1. The molecule has 0 bridgehead atoms. The SMILES string of the molecule is NS(=O)(=O)c1ccc(CCNc2ncnc(Cl)c2Br)cc1. The summed E-state index contributed by atoms with van der Waals surface area (Å²) in [4.78, 5) is 8.01. The first-order valence-electron chi connectivity index (χ1n) is 5.89. The summed E-state index contributed by atoms with van der Waals surface area (Å²) in [5.41, 5.74) is 0.978. The van der Waals surface area contributed by atoms with Crippen molar-refractivity contribution in [2.45, 2.75) is 11.3 Å². The Morgan fingerprint density at radius 2 is 1.90 bits per heavy atom.